The van der Waals surface area contributed by atoms with Crippen LogP contribution in [0.3, 0.4) is 0 Å². The molecule has 3 aromatic rings. The number of carbonyl (C=O) groups excluding carboxylic acids is 1. The van der Waals surface area contributed by atoms with E-state index in [1.807, 2.05) is 16.9 Å². The van der Waals surface area contributed by atoms with Crippen molar-refractivity contribution in [2.75, 3.05) is 12.1 Å². The van der Waals surface area contributed by atoms with Gasteiger partial charge in [0, 0.05) is 23.0 Å². The Kier molecular flexibility index (Phi) is 6.80. The number of benzene rings is 2. The molecule has 5 rings (SSSR count). The van der Waals surface area contributed by atoms with Crippen LogP contribution in [0.4, 0.5) is 23.2 Å². The average Bonchev–Trinajstić information content (AvgIpc) is 3.25. The zero-order valence-corrected chi connectivity index (χ0v) is 20.0. The molecule has 1 heterocycles. The summed E-state index contributed by atoms with van der Waals surface area (Å²) < 4.78 is 60.7. The molecule has 1 amide bonds. The molecule has 2 aliphatic carbocycles. The van der Waals surface area contributed by atoms with Crippen LogP contribution in [-0.4, -0.2) is 27.6 Å². The molecule has 0 unspecified atom stereocenters. The van der Waals surface area contributed by atoms with E-state index in [-0.39, 0.29) is 12.2 Å². The number of aromatic nitrogens is 2. The first kappa shape index (κ1) is 25.4. The summed E-state index contributed by atoms with van der Waals surface area (Å²) in [6.07, 6.45) is 4.31. The van der Waals surface area contributed by atoms with Crippen LogP contribution >= 0.6 is 0 Å². The largest absolute Gasteiger partial charge is 0.416 e. The molecule has 2 aromatic carbocycles. The standard InChI is InChI=1S/C27H27F4N3O3/c28-24-12-19(27(29,30)31)5-8-23(24)26(9-10-26)25(36)33-20-6-7-22(17(11-20)15-37-16-35)18-13-32-34(14-18)21-3-1-2-4-21/h5-8,11-14,21,35H,1-4,9-10,15-16H2,(H,33,36). The van der Waals surface area contributed by atoms with Gasteiger partial charge in [0.25, 0.3) is 0 Å². The minimum atomic E-state index is -4.67. The lowest BCUT2D eigenvalue weighted by molar-refractivity contribution is -0.137. The summed E-state index contributed by atoms with van der Waals surface area (Å²) >= 11 is 0. The van der Waals surface area contributed by atoms with Gasteiger partial charge in [-0.2, -0.15) is 18.3 Å². The molecule has 1 aromatic heterocycles. The van der Waals surface area contributed by atoms with Crippen LogP contribution in [-0.2, 0) is 27.7 Å². The molecule has 0 spiro atoms. The van der Waals surface area contributed by atoms with Gasteiger partial charge in [-0.25, -0.2) is 4.39 Å². The van der Waals surface area contributed by atoms with Gasteiger partial charge in [-0.1, -0.05) is 25.0 Å². The van der Waals surface area contributed by atoms with Crippen molar-refractivity contribution in [3.8, 4) is 11.1 Å². The molecule has 0 saturated heterocycles. The van der Waals surface area contributed by atoms with Crippen LogP contribution in [0.2, 0.25) is 0 Å². The molecule has 2 N–H and O–H groups in total. The van der Waals surface area contributed by atoms with Crippen LogP contribution in [0.1, 0.15) is 61.3 Å². The van der Waals surface area contributed by atoms with E-state index in [2.05, 4.69) is 10.4 Å². The molecule has 0 aliphatic heterocycles. The van der Waals surface area contributed by atoms with Gasteiger partial charge in [-0.3, -0.25) is 9.48 Å². The van der Waals surface area contributed by atoms with Crippen molar-refractivity contribution < 1.29 is 32.2 Å². The van der Waals surface area contributed by atoms with Crippen LogP contribution in [0.5, 0.6) is 0 Å². The van der Waals surface area contributed by atoms with Gasteiger partial charge in [-0.05, 0) is 61.1 Å². The van der Waals surface area contributed by atoms with Crippen LogP contribution in [0.25, 0.3) is 11.1 Å². The zero-order valence-electron chi connectivity index (χ0n) is 20.0. The summed E-state index contributed by atoms with van der Waals surface area (Å²) in [7, 11) is 0. The van der Waals surface area contributed by atoms with Crippen molar-refractivity contribution in [3.05, 3.63) is 71.3 Å². The first-order valence-corrected chi connectivity index (χ1v) is 12.3. The summed E-state index contributed by atoms with van der Waals surface area (Å²) in [5.74, 6) is -1.53. The monoisotopic (exact) mass is 517 g/mol. The lowest BCUT2D eigenvalue weighted by Crippen LogP contribution is -2.29. The summed E-state index contributed by atoms with van der Waals surface area (Å²) in [6.45, 7) is -0.392. The number of anilines is 1. The van der Waals surface area contributed by atoms with Crippen molar-refractivity contribution in [1.29, 1.82) is 0 Å². The number of hydrogen-bond donors (Lipinski definition) is 2. The highest BCUT2D eigenvalue weighted by atomic mass is 19.4. The van der Waals surface area contributed by atoms with E-state index < -0.39 is 35.7 Å². The molecule has 0 atom stereocenters. The Morgan fingerprint density at radius 2 is 1.92 bits per heavy atom. The fraction of sp³-hybridized carbons (Fsp3) is 0.407. The van der Waals surface area contributed by atoms with E-state index in [1.54, 1.807) is 18.3 Å². The predicted molar refractivity (Wildman–Crippen MR) is 128 cm³/mol. The number of aliphatic hydroxyl groups is 1. The lowest BCUT2D eigenvalue weighted by Gasteiger charge is -2.19. The predicted octanol–water partition coefficient (Wildman–Crippen LogP) is 5.96. The molecule has 2 saturated carbocycles. The number of rotatable bonds is 8. The van der Waals surface area contributed by atoms with Crippen LogP contribution < -0.4 is 5.32 Å². The first-order chi connectivity index (χ1) is 17.7. The van der Waals surface area contributed by atoms with Gasteiger partial charge < -0.3 is 15.2 Å². The van der Waals surface area contributed by atoms with Gasteiger partial charge in [0.1, 0.15) is 12.6 Å². The van der Waals surface area contributed by atoms with Crippen molar-refractivity contribution in [3.63, 3.8) is 0 Å². The smallest absolute Gasteiger partial charge is 0.371 e. The molecule has 0 radical (unpaired) electrons. The van der Waals surface area contributed by atoms with Crippen LogP contribution in [0.15, 0.2) is 48.8 Å². The summed E-state index contributed by atoms with van der Waals surface area (Å²) in [4.78, 5) is 13.2. The summed E-state index contributed by atoms with van der Waals surface area (Å²) in [5, 5.41) is 16.5. The molecule has 2 aliphatic rings. The van der Waals surface area contributed by atoms with E-state index in [0.717, 1.165) is 36.1 Å². The molecular weight excluding hydrogens is 490 g/mol. The third-order valence-corrected chi connectivity index (χ3v) is 7.32. The Morgan fingerprint density at radius 1 is 1.16 bits per heavy atom. The van der Waals surface area contributed by atoms with Gasteiger partial charge in [0.05, 0.1) is 29.8 Å². The second kappa shape index (κ2) is 9.90. The minimum Gasteiger partial charge on any atom is -0.371 e. The normalized spacial score (nSPS) is 17.2. The van der Waals surface area contributed by atoms with Crippen LogP contribution in [0, 0.1) is 5.82 Å². The minimum absolute atomic E-state index is 0.0437. The van der Waals surface area contributed by atoms with Gasteiger partial charge in [0.2, 0.25) is 5.91 Å². The molecule has 6 nitrogen and oxygen atoms in total. The quantitative estimate of drug-likeness (QED) is 0.286. The van der Waals surface area contributed by atoms with Crippen molar-refractivity contribution in [2.45, 2.75) is 62.8 Å². The topological polar surface area (TPSA) is 76.4 Å². The molecule has 37 heavy (non-hydrogen) atoms. The second-order valence-electron chi connectivity index (χ2n) is 9.73. The highest BCUT2D eigenvalue weighted by molar-refractivity contribution is 6.01. The third kappa shape index (κ3) is 5.13. The van der Waals surface area contributed by atoms with E-state index in [1.165, 1.54) is 12.8 Å². The maximum atomic E-state index is 14.6. The molecular formula is C27H27F4N3O3. The first-order valence-electron chi connectivity index (χ1n) is 12.3. The number of carbonyl (C=O) groups is 1. The Bertz CT molecular complexity index is 1290. The maximum absolute atomic E-state index is 14.6. The number of alkyl halides is 3. The number of nitrogens with one attached hydrogen (secondary N) is 1. The highest BCUT2D eigenvalue weighted by Gasteiger charge is 2.53. The Hall–Kier alpha value is -3.24. The third-order valence-electron chi connectivity index (χ3n) is 7.32. The molecule has 2 fully saturated rings. The van der Waals surface area contributed by atoms with E-state index >= 15 is 0 Å². The Labute approximate surface area is 211 Å². The second-order valence-corrected chi connectivity index (χ2v) is 9.73. The van der Waals surface area contributed by atoms with E-state index in [0.29, 0.717) is 36.2 Å². The zero-order chi connectivity index (χ0) is 26.2. The number of amides is 1. The number of nitrogens with zero attached hydrogens (tertiary/aromatic N) is 2. The van der Waals surface area contributed by atoms with Gasteiger partial charge in [0.15, 0.2) is 0 Å². The highest BCUT2D eigenvalue weighted by Crippen LogP contribution is 2.50. The fourth-order valence-electron chi connectivity index (χ4n) is 5.15. The van der Waals surface area contributed by atoms with Crippen molar-refractivity contribution in [2.24, 2.45) is 0 Å². The average molecular weight is 518 g/mol. The molecule has 10 heteroatoms. The van der Waals surface area contributed by atoms with E-state index in [9.17, 15) is 27.5 Å². The molecule has 0 bridgehead atoms. The number of ether oxygens (including phenoxy) is 1. The number of hydrogen-bond acceptors (Lipinski definition) is 4. The van der Waals surface area contributed by atoms with Gasteiger partial charge >= 0.3 is 6.18 Å². The van der Waals surface area contributed by atoms with E-state index in [4.69, 9.17) is 4.74 Å². The SMILES string of the molecule is O=C(Nc1ccc(-c2cnn(C3CCCC3)c2)c(COCO)c1)C1(c2ccc(C(F)(F)F)cc2F)CC1. The summed E-state index contributed by atoms with van der Waals surface area (Å²) in [5.41, 5.74) is 0.521. The fourth-order valence-corrected chi connectivity index (χ4v) is 5.15. The lowest BCUT2D eigenvalue weighted by atomic mass is 9.93. The Morgan fingerprint density at radius 3 is 2.57 bits per heavy atom. The Balaban J connectivity index is 1.38. The van der Waals surface area contributed by atoms with Gasteiger partial charge in [-0.15, -0.1) is 0 Å². The number of halogens is 4. The number of aliphatic hydroxyl groups excluding tert-OH is 1. The van der Waals surface area contributed by atoms with Crippen molar-refractivity contribution >= 4 is 11.6 Å². The maximum Gasteiger partial charge on any atom is 0.416 e. The molecule has 196 valence electrons. The summed E-state index contributed by atoms with van der Waals surface area (Å²) in [6, 6.07) is 7.92. The van der Waals surface area contributed by atoms with Crippen molar-refractivity contribution in [1.82, 2.24) is 9.78 Å².